The Bertz CT molecular complexity index is 499. The average molecular weight is 346 g/mol. The smallest absolute Gasteiger partial charge is 0.0695 e. The van der Waals surface area contributed by atoms with Crippen LogP contribution in [-0.2, 0) is 0 Å². The van der Waals surface area contributed by atoms with E-state index >= 15 is 0 Å². The Hall–Kier alpha value is -0.970. The van der Waals surface area contributed by atoms with Gasteiger partial charge in [0.25, 0.3) is 0 Å². The molecule has 0 spiro atoms. The van der Waals surface area contributed by atoms with Gasteiger partial charge in [-0.1, -0.05) is 32.8 Å². The summed E-state index contributed by atoms with van der Waals surface area (Å²) in [6.07, 6.45) is 9.88. The van der Waals surface area contributed by atoms with Crippen molar-refractivity contribution in [2.24, 2.45) is 5.92 Å². The Balaban J connectivity index is 1.54. The lowest BCUT2D eigenvalue weighted by molar-refractivity contribution is 0.00642. The zero-order chi connectivity index (χ0) is 17.6. The normalized spacial score (nSPS) is 27.5. The molecule has 3 atom stereocenters. The summed E-state index contributed by atoms with van der Waals surface area (Å²) in [5.74, 6) is 0.650. The Kier molecular flexibility index (Phi) is 6.85. The highest BCUT2D eigenvalue weighted by molar-refractivity contribution is 5.09. The maximum absolute atomic E-state index is 10.3. The number of likely N-dealkylation sites (tertiary alicyclic amines) is 1. The SMILES string of the molecule is CC(C)CC(NC1CCN(C2CCCCC2O)CC1)c1ccccn1. The first-order chi connectivity index (χ1) is 12.1. The van der Waals surface area contributed by atoms with Crippen LogP contribution in [0, 0.1) is 5.92 Å². The maximum atomic E-state index is 10.3. The molecule has 1 aliphatic carbocycles. The monoisotopic (exact) mass is 345 g/mol. The van der Waals surface area contributed by atoms with E-state index in [1.807, 2.05) is 12.3 Å². The second-order valence-corrected chi connectivity index (χ2v) is 8.33. The highest BCUT2D eigenvalue weighted by atomic mass is 16.3. The van der Waals surface area contributed by atoms with Gasteiger partial charge in [0.1, 0.15) is 0 Å². The highest BCUT2D eigenvalue weighted by Gasteiger charge is 2.32. The fraction of sp³-hybridized carbons (Fsp3) is 0.762. The van der Waals surface area contributed by atoms with Crippen molar-refractivity contribution < 1.29 is 5.11 Å². The van der Waals surface area contributed by atoms with Crippen LogP contribution >= 0.6 is 0 Å². The van der Waals surface area contributed by atoms with Gasteiger partial charge in [0.05, 0.1) is 11.8 Å². The standard InChI is InChI=1S/C21H35N3O/c1-16(2)15-19(18-7-5-6-12-22-18)23-17-10-13-24(14-11-17)20-8-3-4-9-21(20)25/h5-7,12,16-17,19-21,23,25H,3-4,8-11,13-15H2,1-2H3. The Morgan fingerprint density at radius 3 is 2.56 bits per heavy atom. The van der Waals surface area contributed by atoms with Gasteiger partial charge < -0.3 is 10.4 Å². The minimum absolute atomic E-state index is 0.111. The molecule has 1 aliphatic heterocycles. The molecule has 3 rings (SSSR count). The fourth-order valence-corrected chi connectivity index (χ4v) is 4.53. The van der Waals surface area contributed by atoms with E-state index in [0.717, 1.165) is 25.9 Å². The molecule has 2 N–H and O–H groups in total. The molecule has 1 saturated heterocycles. The Morgan fingerprint density at radius 1 is 1.16 bits per heavy atom. The van der Waals surface area contributed by atoms with Crippen molar-refractivity contribution in [3.8, 4) is 0 Å². The summed E-state index contributed by atoms with van der Waals surface area (Å²) >= 11 is 0. The van der Waals surface area contributed by atoms with Crippen LogP contribution in [0.1, 0.15) is 70.5 Å². The second kappa shape index (κ2) is 9.11. The van der Waals surface area contributed by atoms with Crippen LogP contribution in [-0.4, -0.2) is 46.3 Å². The van der Waals surface area contributed by atoms with Crippen molar-refractivity contribution in [1.82, 2.24) is 15.2 Å². The van der Waals surface area contributed by atoms with Crippen LogP contribution in [0.25, 0.3) is 0 Å². The van der Waals surface area contributed by atoms with Crippen LogP contribution in [0.5, 0.6) is 0 Å². The molecule has 2 fully saturated rings. The number of nitrogens with zero attached hydrogens (tertiary/aromatic N) is 2. The third-order valence-electron chi connectivity index (χ3n) is 5.88. The first-order valence-electron chi connectivity index (χ1n) is 10.2. The molecule has 0 aromatic carbocycles. The first kappa shape index (κ1) is 18.8. The first-order valence-corrected chi connectivity index (χ1v) is 10.2. The molecule has 1 aromatic rings. The van der Waals surface area contributed by atoms with Crippen LogP contribution in [0.3, 0.4) is 0 Å². The summed E-state index contributed by atoms with van der Waals surface area (Å²) in [6.45, 7) is 6.78. The molecule has 2 heterocycles. The van der Waals surface area contributed by atoms with E-state index < -0.39 is 0 Å². The molecule has 1 saturated carbocycles. The number of hydrogen-bond donors (Lipinski definition) is 2. The zero-order valence-electron chi connectivity index (χ0n) is 15.9. The molecule has 4 nitrogen and oxygen atoms in total. The average Bonchev–Trinajstić information content (AvgIpc) is 2.63. The predicted molar refractivity (Wildman–Crippen MR) is 102 cm³/mol. The minimum atomic E-state index is -0.111. The molecule has 0 radical (unpaired) electrons. The number of nitrogens with one attached hydrogen (secondary N) is 1. The number of rotatable bonds is 6. The van der Waals surface area contributed by atoms with E-state index in [1.165, 1.54) is 37.8 Å². The van der Waals surface area contributed by atoms with Gasteiger partial charge in [0.15, 0.2) is 0 Å². The summed E-state index contributed by atoms with van der Waals surface area (Å²) in [4.78, 5) is 7.13. The molecule has 3 unspecified atom stereocenters. The predicted octanol–water partition coefficient (Wildman–Crippen LogP) is 3.53. The van der Waals surface area contributed by atoms with E-state index in [-0.39, 0.29) is 6.10 Å². The lowest BCUT2D eigenvalue weighted by atomic mass is 9.89. The quantitative estimate of drug-likeness (QED) is 0.828. The van der Waals surface area contributed by atoms with E-state index in [1.54, 1.807) is 0 Å². The van der Waals surface area contributed by atoms with Gasteiger partial charge in [-0.2, -0.15) is 0 Å². The molecular formula is C21H35N3O. The number of aliphatic hydroxyl groups excluding tert-OH is 1. The topological polar surface area (TPSA) is 48.4 Å². The molecule has 0 bridgehead atoms. The van der Waals surface area contributed by atoms with E-state index in [9.17, 15) is 5.11 Å². The summed E-state index contributed by atoms with van der Waals surface area (Å²) in [5, 5.41) is 14.2. The molecule has 1 aromatic heterocycles. The van der Waals surface area contributed by atoms with Gasteiger partial charge in [0.2, 0.25) is 0 Å². The molecule has 25 heavy (non-hydrogen) atoms. The highest BCUT2D eigenvalue weighted by Crippen LogP contribution is 2.27. The molecule has 0 amide bonds. The number of piperidine rings is 1. The van der Waals surface area contributed by atoms with Crippen molar-refractivity contribution in [3.05, 3.63) is 30.1 Å². The third kappa shape index (κ3) is 5.25. The van der Waals surface area contributed by atoms with Crippen molar-refractivity contribution >= 4 is 0 Å². The van der Waals surface area contributed by atoms with Gasteiger partial charge in [0, 0.05) is 37.4 Å². The van der Waals surface area contributed by atoms with Gasteiger partial charge in [-0.3, -0.25) is 9.88 Å². The van der Waals surface area contributed by atoms with Crippen molar-refractivity contribution in [2.75, 3.05) is 13.1 Å². The molecular weight excluding hydrogens is 310 g/mol. The summed E-state index contributed by atoms with van der Waals surface area (Å²) in [7, 11) is 0. The van der Waals surface area contributed by atoms with E-state index in [2.05, 4.69) is 41.2 Å². The Morgan fingerprint density at radius 2 is 1.92 bits per heavy atom. The lowest BCUT2D eigenvalue weighted by Gasteiger charge is -2.42. The summed E-state index contributed by atoms with van der Waals surface area (Å²) < 4.78 is 0. The molecule has 4 heteroatoms. The van der Waals surface area contributed by atoms with Crippen LogP contribution < -0.4 is 5.32 Å². The van der Waals surface area contributed by atoms with Gasteiger partial charge in [-0.25, -0.2) is 0 Å². The second-order valence-electron chi connectivity index (χ2n) is 8.33. The van der Waals surface area contributed by atoms with E-state index in [0.29, 0.717) is 24.0 Å². The van der Waals surface area contributed by atoms with Gasteiger partial charge in [-0.15, -0.1) is 0 Å². The van der Waals surface area contributed by atoms with Crippen molar-refractivity contribution in [3.63, 3.8) is 0 Å². The van der Waals surface area contributed by atoms with Gasteiger partial charge in [-0.05, 0) is 50.2 Å². The van der Waals surface area contributed by atoms with Crippen molar-refractivity contribution in [1.29, 1.82) is 0 Å². The van der Waals surface area contributed by atoms with Gasteiger partial charge >= 0.3 is 0 Å². The largest absolute Gasteiger partial charge is 0.391 e. The summed E-state index contributed by atoms with van der Waals surface area (Å²) in [5.41, 5.74) is 1.17. The zero-order valence-corrected chi connectivity index (χ0v) is 15.9. The fourth-order valence-electron chi connectivity index (χ4n) is 4.53. The third-order valence-corrected chi connectivity index (χ3v) is 5.88. The van der Waals surface area contributed by atoms with Crippen LogP contribution in [0.4, 0.5) is 0 Å². The lowest BCUT2D eigenvalue weighted by Crippen LogP contribution is -2.52. The number of pyridine rings is 1. The summed E-state index contributed by atoms with van der Waals surface area (Å²) in [6, 6.07) is 7.53. The molecule has 2 aliphatic rings. The van der Waals surface area contributed by atoms with Crippen LogP contribution in [0.15, 0.2) is 24.4 Å². The number of aromatic nitrogens is 1. The van der Waals surface area contributed by atoms with E-state index in [4.69, 9.17) is 0 Å². The van der Waals surface area contributed by atoms with Crippen LogP contribution in [0.2, 0.25) is 0 Å². The number of hydrogen-bond acceptors (Lipinski definition) is 4. The maximum Gasteiger partial charge on any atom is 0.0695 e. The Labute approximate surface area is 153 Å². The number of aliphatic hydroxyl groups is 1. The minimum Gasteiger partial charge on any atom is -0.391 e. The molecule has 140 valence electrons. The van der Waals surface area contributed by atoms with Crippen molar-refractivity contribution in [2.45, 2.75) is 83.0 Å².